The van der Waals surface area contributed by atoms with Gasteiger partial charge >= 0.3 is 65.1 Å². The predicted molar refractivity (Wildman–Crippen MR) is 164 cm³/mol. The van der Waals surface area contributed by atoms with Crippen LogP contribution in [0.1, 0.15) is 133 Å². The minimum atomic E-state index is -1.38. The number of hydrogen-bond acceptors (Lipinski definition) is 6. The first-order valence-electron chi connectivity index (χ1n) is 16.9. The topological polar surface area (TPSA) is 107 Å². The number of fused-ring (bicyclic) bond motifs is 7. The summed E-state index contributed by atoms with van der Waals surface area (Å²) in [6.45, 7) is 16.5. The number of aromatic carboxylic acids is 1. The quantitative estimate of drug-likeness (QED) is 0.261. The molecule has 0 radical (unpaired) electrons. The monoisotopic (exact) mass is 648 g/mol. The number of hydrogen-bond donors (Lipinski definition) is 0. The summed E-state index contributed by atoms with van der Waals surface area (Å²) in [6.07, 6.45) is 11.0. The van der Waals surface area contributed by atoms with Gasteiger partial charge in [0.2, 0.25) is 0 Å². The van der Waals surface area contributed by atoms with Gasteiger partial charge in [-0.15, -0.1) is 0 Å². The molecule has 0 heterocycles. The van der Waals surface area contributed by atoms with Crippen molar-refractivity contribution in [3.8, 4) is 0 Å². The van der Waals surface area contributed by atoms with E-state index in [0.29, 0.717) is 24.7 Å². The average molecular weight is 649 g/mol. The maximum absolute atomic E-state index is 13.3. The van der Waals surface area contributed by atoms with Crippen molar-refractivity contribution in [2.45, 2.75) is 119 Å². The number of ether oxygens (including phenoxy) is 1. The number of carboxylic acids is 2. The molecule has 8 atom stereocenters. The van der Waals surface area contributed by atoms with Gasteiger partial charge in [-0.3, -0.25) is 0 Å². The third-order valence-corrected chi connectivity index (χ3v) is 14.6. The SMILES string of the molecule is CC1(C)CCC2(C(=O)[O-])CC[C@]3(C)C(=CCC4[C@@]5(C)CCC(OC(=O)c6ccccc6C(=O)[O-])C(C)(C)C5CC[C@]43C)C2C1.[Na+].[Na+]. The molecule has 0 N–H and O–H groups in total. The Balaban J connectivity index is 0.00000240. The van der Waals surface area contributed by atoms with Gasteiger partial charge in [0.05, 0.1) is 11.5 Å². The van der Waals surface area contributed by atoms with Crippen molar-refractivity contribution < 1.29 is 88.4 Å². The number of aliphatic carboxylic acids is 1. The molecule has 4 saturated carbocycles. The Morgan fingerprint density at radius 3 is 2.04 bits per heavy atom. The number of esters is 1. The van der Waals surface area contributed by atoms with E-state index in [9.17, 15) is 24.6 Å². The van der Waals surface area contributed by atoms with E-state index < -0.39 is 23.3 Å². The zero-order valence-electron chi connectivity index (χ0n) is 29.7. The van der Waals surface area contributed by atoms with Crippen molar-refractivity contribution in [1.82, 2.24) is 0 Å². The van der Waals surface area contributed by atoms with Crippen LogP contribution in [0.5, 0.6) is 0 Å². The van der Waals surface area contributed by atoms with Gasteiger partial charge in [-0.1, -0.05) is 78.3 Å². The Labute approximate surface area is 319 Å². The molecule has 4 fully saturated rings. The van der Waals surface area contributed by atoms with Crippen LogP contribution in [0.25, 0.3) is 0 Å². The summed E-state index contributed by atoms with van der Waals surface area (Å²) < 4.78 is 6.15. The molecule has 5 unspecified atom stereocenters. The minimum Gasteiger partial charge on any atom is -0.550 e. The van der Waals surface area contributed by atoms with E-state index in [1.807, 2.05) is 0 Å². The second kappa shape index (κ2) is 12.6. The van der Waals surface area contributed by atoms with E-state index in [4.69, 9.17) is 4.74 Å². The van der Waals surface area contributed by atoms with E-state index in [1.165, 1.54) is 17.7 Å². The maximum Gasteiger partial charge on any atom is 1.00 e. The Bertz CT molecular complexity index is 1430. The Kier molecular flexibility index (Phi) is 10.5. The summed E-state index contributed by atoms with van der Waals surface area (Å²) in [5.41, 5.74) is 0.376. The summed E-state index contributed by atoms with van der Waals surface area (Å²) in [6, 6.07) is 6.12. The first-order valence-corrected chi connectivity index (χ1v) is 16.9. The summed E-state index contributed by atoms with van der Waals surface area (Å²) in [4.78, 5) is 37.8. The summed E-state index contributed by atoms with van der Waals surface area (Å²) >= 11 is 0. The van der Waals surface area contributed by atoms with Crippen molar-refractivity contribution in [1.29, 1.82) is 0 Å². The molecule has 0 saturated heterocycles. The van der Waals surface area contributed by atoms with Crippen LogP contribution >= 0.6 is 0 Å². The van der Waals surface area contributed by atoms with Crippen LogP contribution in [-0.2, 0) is 9.53 Å². The molecule has 0 bridgehead atoms. The van der Waals surface area contributed by atoms with E-state index in [0.717, 1.165) is 51.4 Å². The Hall–Kier alpha value is -0.630. The third kappa shape index (κ3) is 5.46. The molecule has 1 aromatic carbocycles. The van der Waals surface area contributed by atoms with Crippen LogP contribution in [0.15, 0.2) is 35.9 Å². The third-order valence-electron chi connectivity index (χ3n) is 14.6. The summed E-state index contributed by atoms with van der Waals surface area (Å²) in [5.74, 6) is -2.03. The Morgan fingerprint density at radius 1 is 0.783 bits per heavy atom. The predicted octanol–water partition coefficient (Wildman–Crippen LogP) is 0.135. The van der Waals surface area contributed by atoms with Crippen molar-refractivity contribution in [3.63, 3.8) is 0 Å². The van der Waals surface area contributed by atoms with Crippen LogP contribution in [0, 0.1) is 50.2 Å². The van der Waals surface area contributed by atoms with Crippen LogP contribution < -0.4 is 69.3 Å². The first kappa shape index (κ1) is 38.2. The minimum absolute atomic E-state index is 0. The molecule has 5 aliphatic carbocycles. The zero-order chi connectivity index (χ0) is 32.1. The van der Waals surface area contributed by atoms with E-state index in [2.05, 4.69) is 54.5 Å². The van der Waals surface area contributed by atoms with Crippen molar-refractivity contribution in [2.75, 3.05) is 0 Å². The maximum atomic E-state index is 13.3. The van der Waals surface area contributed by atoms with Gasteiger partial charge in [-0.05, 0) is 110 Å². The molecule has 0 aliphatic heterocycles. The number of allylic oxidation sites excluding steroid dienone is 2. The van der Waals surface area contributed by atoms with Crippen molar-refractivity contribution in [3.05, 3.63) is 47.0 Å². The van der Waals surface area contributed by atoms with Crippen molar-refractivity contribution in [2.24, 2.45) is 50.2 Å². The fraction of sp³-hybridized carbons (Fsp3) is 0.711. The molecule has 1 aromatic rings. The molecule has 5 aliphatic rings. The number of benzene rings is 1. The zero-order valence-corrected chi connectivity index (χ0v) is 33.7. The molecule has 6 nitrogen and oxygen atoms in total. The average Bonchev–Trinajstić information content (AvgIpc) is 2.94. The Morgan fingerprint density at radius 2 is 1.41 bits per heavy atom. The molecule has 0 amide bonds. The van der Waals surface area contributed by atoms with Gasteiger partial charge in [-0.2, -0.15) is 0 Å². The largest absolute Gasteiger partial charge is 1.00 e. The normalized spacial score (nSPS) is 40.1. The van der Waals surface area contributed by atoms with E-state index in [-0.39, 0.29) is 109 Å². The summed E-state index contributed by atoms with van der Waals surface area (Å²) in [5, 5.41) is 24.5. The van der Waals surface area contributed by atoms with Gasteiger partial charge in [0, 0.05) is 22.4 Å². The van der Waals surface area contributed by atoms with Gasteiger partial charge < -0.3 is 24.5 Å². The van der Waals surface area contributed by atoms with Gasteiger partial charge in [0.25, 0.3) is 0 Å². The van der Waals surface area contributed by atoms with Crippen molar-refractivity contribution >= 4 is 17.9 Å². The number of rotatable bonds is 4. The van der Waals surface area contributed by atoms with Crippen LogP contribution in [0.3, 0.4) is 0 Å². The standard InChI is InChI=1S/C38H52O6.2Na/c1-33(2)18-20-38(32(42)43)21-19-36(6)25(26(38)22-33)12-13-28-35(5)16-15-29(34(3,4)27(35)14-17-37(28,36)7)44-31(41)24-11-9-8-10-23(24)30(39)40;;/h8-12,26-29H,13-22H2,1-7H3,(H,39,40)(H,42,43);;/q;2*+1/p-2/t26?,27?,28?,29?,35-,36+,37+,38?;;/m0../s1. The molecular formula is C38H50Na2O6. The van der Waals surface area contributed by atoms with Gasteiger partial charge in [0.1, 0.15) is 6.10 Å². The molecule has 240 valence electrons. The molecule has 0 aromatic heterocycles. The first-order chi connectivity index (χ1) is 20.4. The molecule has 0 spiro atoms. The second-order valence-electron chi connectivity index (χ2n) is 17.2. The van der Waals surface area contributed by atoms with Gasteiger partial charge in [-0.25, -0.2) is 4.79 Å². The smallest absolute Gasteiger partial charge is 0.550 e. The van der Waals surface area contributed by atoms with Crippen LogP contribution in [0.2, 0.25) is 0 Å². The number of carbonyl (C=O) groups is 3. The second-order valence-corrected chi connectivity index (χ2v) is 17.2. The fourth-order valence-electron chi connectivity index (χ4n) is 11.8. The summed E-state index contributed by atoms with van der Waals surface area (Å²) in [7, 11) is 0. The number of carboxylic acid groups (broad SMARTS) is 2. The van der Waals surface area contributed by atoms with E-state index in [1.54, 1.807) is 12.1 Å². The molecule has 46 heavy (non-hydrogen) atoms. The fourth-order valence-corrected chi connectivity index (χ4v) is 11.8. The van der Waals surface area contributed by atoms with Gasteiger partial charge in [0.15, 0.2) is 0 Å². The van der Waals surface area contributed by atoms with Crippen LogP contribution in [0.4, 0.5) is 0 Å². The molecule has 6 rings (SSSR count). The molecule has 8 heteroatoms. The molecular weight excluding hydrogens is 598 g/mol. The van der Waals surface area contributed by atoms with Crippen LogP contribution in [-0.4, -0.2) is 24.0 Å². The van der Waals surface area contributed by atoms with E-state index >= 15 is 0 Å². The number of carbonyl (C=O) groups excluding carboxylic acids is 3.